The Labute approximate surface area is 194 Å². The first-order chi connectivity index (χ1) is 16.1. The molecule has 1 atom stereocenters. The number of nitrogens with one attached hydrogen (secondary N) is 2. The number of fused-ring (bicyclic) bond motifs is 7. The molecular formula is C26H30N6O. The van der Waals surface area contributed by atoms with E-state index in [9.17, 15) is 4.79 Å². The Morgan fingerprint density at radius 1 is 1.00 bits per heavy atom. The fourth-order valence-corrected chi connectivity index (χ4v) is 4.66. The van der Waals surface area contributed by atoms with E-state index in [1.54, 1.807) is 6.20 Å². The number of carbonyl (C=O) groups is 1. The molecule has 6 rings (SSSR count). The number of anilines is 2. The SMILES string of the molecule is CN1CCNC(=O)[C@@H]2CCCN2Cc2cccc(c2)Nc2nccc(n2)-c2ccc(cc2)C1. The lowest BCUT2D eigenvalue weighted by Gasteiger charge is -2.25. The van der Waals surface area contributed by atoms with Crippen molar-refractivity contribution in [3.05, 3.63) is 71.9 Å². The highest BCUT2D eigenvalue weighted by Gasteiger charge is 2.30. The van der Waals surface area contributed by atoms with E-state index in [0.29, 0.717) is 12.5 Å². The fourth-order valence-electron chi connectivity index (χ4n) is 4.66. The second-order valence-electron chi connectivity index (χ2n) is 8.95. The van der Waals surface area contributed by atoms with E-state index < -0.39 is 0 Å². The standard InChI is InChI=1S/C26H30N6O/c1-31-15-13-27-25(33)24-6-3-14-32(24)18-20-4-2-5-22(16-20)29-26-28-12-11-23(30-26)21-9-7-19(17-31)8-10-21/h2,4-5,7-12,16,24H,3,6,13-15,17-18H2,1H3,(H,27,33)(H,28,29,30)/t24-/m0/s1. The third kappa shape index (κ3) is 5.21. The Hall–Kier alpha value is -3.29. The van der Waals surface area contributed by atoms with Crippen LogP contribution in [0.3, 0.4) is 0 Å². The molecular weight excluding hydrogens is 412 g/mol. The molecule has 3 aromatic rings. The van der Waals surface area contributed by atoms with Gasteiger partial charge in [-0.3, -0.25) is 9.69 Å². The van der Waals surface area contributed by atoms with Gasteiger partial charge in [-0.05, 0) is 55.8 Å². The van der Waals surface area contributed by atoms with Crippen molar-refractivity contribution in [2.75, 3.05) is 32.0 Å². The van der Waals surface area contributed by atoms with E-state index >= 15 is 0 Å². The summed E-state index contributed by atoms with van der Waals surface area (Å²) in [4.78, 5) is 26.6. The summed E-state index contributed by atoms with van der Waals surface area (Å²) < 4.78 is 0. The molecule has 1 amide bonds. The molecule has 1 aromatic heterocycles. The van der Waals surface area contributed by atoms with E-state index in [1.165, 1.54) is 11.1 Å². The molecule has 3 aliphatic heterocycles. The summed E-state index contributed by atoms with van der Waals surface area (Å²) in [6.45, 7) is 3.98. The number of carbonyl (C=O) groups excluding carboxylic acids is 1. The van der Waals surface area contributed by atoms with Crippen LogP contribution in [0.15, 0.2) is 60.8 Å². The van der Waals surface area contributed by atoms with Gasteiger partial charge in [0.2, 0.25) is 11.9 Å². The summed E-state index contributed by atoms with van der Waals surface area (Å²) in [7, 11) is 2.09. The second kappa shape index (κ2) is 9.68. The van der Waals surface area contributed by atoms with Gasteiger partial charge >= 0.3 is 0 Å². The maximum absolute atomic E-state index is 12.9. The lowest BCUT2D eigenvalue weighted by atomic mass is 10.1. The van der Waals surface area contributed by atoms with Crippen LogP contribution in [-0.4, -0.2) is 58.4 Å². The first-order valence-corrected chi connectivity index (χ1v) is 11.6. The van der Waals surface area contributed by atoms with E-state index in [4.69, 9.17) is 4.98 Å². The fraction of sp³-hybridized carbons (Fsp3) is 0.346. The van der Waals surface area contributed by atoms with E-state index in [1.807, 2.05) is 18.2 Å². The largest absolute Gasteiger partial charge is 0.353 e. The van der Waals surface area contributed by atoms with Gasteiger partial charge in [-0.2, -0.15) is 0 Å². The van der Waals surface area contributed by atoms with Crippen molar-refractivity contribution in [3.8, 4) is 11.3 Å². The predicted octanol–water partition coefficient (Wildman–Crippen LogP) is 3.41. The van der Waals surface area contributed by atoms with Crippen molar-refractivity contribution in [2.24, 2.45) is 0 Å². The third-order valence-electron chi connectivity index (χ3n) is 6.39. The molecule has 0 radical (unpaired) electrons. The van der Waals surface area contributed by atoms with Crippen molar-refractivity contribution >= 4 is 17.5 Å². The Balaban J connectivity index is 1.45. The Morgan fingerprint density at radius 3 is 2.76 bits per heavy atom. The minimum Gasteiger partial charge on any atom is -0.353 e. The highest BCUT2D eigenvalue weighted by Crippen LogP contribution is 2.24. The molecule has 2 N–H and O–H groups in total. The number of likely N-dealkylation sites (N-methyl/N-ethyl adjacent to an activating group) is 1. The van der Waals surface area contributed by atoms with Gasteiger partial charge < -0.3 is 15.5 Å². The first kappa shape index (κ1) is 21.6. The number of nitrogens with zero attached hydrogens (tertiary/aromatic N) is 4. The van der Waals surface area contributed by atoms with Crippen molar-refractivity contribution in [3.63, 3.8) is 0 Å². The topological polar surface area (TPSA) is 73.4 Å². The van der Waals surface area contributed by atoms with Gasteiger partial charge in [0.1, 0.15) is 0 Å². The van der Waals surface area contributed by atoms with Crippen molar-refractivity contribution < 1.29 is 4.79 Å². The number of hydrogen-bond donors (Lipinski definition) is 2. The number of rotatable bonds is 0. The monoisotopic (exact) mass is 442 g/mol. The van der Waals surface area contributed by atoms with E-state index in [0.717, 1.165) is 56.0 Å². The van der Waals surface area contributed by atoms with Crippen LogP contribution >= 0.6 is 0 Å². The number of hydrogen-bond acceptors (Lipinski definition) is 6. The molecule has 0 saturated carbocycles. The third-order valence-corrected chi connectivity index (χ3v) is 6.39. The molecule has 7 nitrogen and oxygen atoms in total. The average molecular weight is 443 g/mol. The molecule has 0 aliphatic carbocycles. The van der Waals surface area contributed by atoms with E-state index in [-0.39, 0.29) is 11.9 Å². The maximum atomic E-state index is 12.9. The molecule has 2 aromatic carbocycles. The lowest BCUT2D eigenvalue weighted by molar-refractivity contribution is -0.125. The highest BCUT2D eigenvalue weighted by atomic mass is 16.2. The van der Waals surface area contributed by atoms with Crippen LogP contribution in [0.25, 0.3) is 11.3 Å². The molecule has 4 heterocycles. The molecule has 33 heavy (non-hydrogen) atoms. The first-order valence-electron chi connectivity index (χ1n) is 11.6. The summed E-state index contributed by atoms with van der Waals surface area (Å²) in [5, 5.41) is 6.50. The molecule has 1 fully saturated rings. The Morgan fingerprint density at radius 2 is 1.88 bits per heavy atom. The average Bonchev–Trinajstić information content (AvgIpc) is 3.27. The van der Waals surface area contributed by atoms with Gasteiger partial charge in [0.15, 0.2) is 0 Å². The minimum absolute atomic E-state index is 0.0647. The quantitative estimate of drug-likeness (QED) is 0.556. The van der Waals surface area contributed by atoms with Gasteiger partial charge in [0.05, 0.1) is 11.7 Å². The van der Waals surface area contributed by atoms with Crippen molar-refractivity contribution in [1.82, 2.24) is 25.1 Å². The van der Waals surface area contributed by atoms with Crippen LogP contribution in [-0.2, 0) is 17.9 Å². The van der Waals surface area contributed by atoms with Gasteiger partial charge in [-0.15, -0.1) is 0 Å². The zero-order valence-electron chi connectivity index (χ0n) is 19.0. The molecule has 6 bridgehead atoms. The zero-order valence-corrected chi connectivity index (χ0v) is 19.0. The molecule has 3 aliphatic rings. The Bertz CT molecular complexity index is 1120. The van der Waals surface area contributed by atoms with Gasteiger partial charge in [-0.1, -0.05) is 36.4 Å². The van der Waals surface area contributed by atoms with Crippen LogP contribution in [0.2, 0.25) is 0 Å². The summed E-state index contributed by atoms with van der Waals surface area (Å²) in [6, 6.07) is 18.6. The van der Waals surface area contributed by atoms with Crippen LogP contribution in [0.4, 0.5) is 11.6 Å². The number of aromatic nitrogens is 2. The van der Waals surface area contributed by atoms with Crippen LogP contribution in [0.5, 0.6) is 0 Å². The molecule has 1 saturated heterocycles. The highest BCUT2D eigenvalue weighted by molar-refractivity contribution is 5.82. The van der Waals surface area contributed by atoms with Crippen molar-refractivity contribution in [1.29, 1.82) is 0 Å². The number of amides is 1. The number of benzene rings is 2. The van der Waals surface area contributed by atoms with Crippen LogP contribution in [0, 0.1) is 0 Å². The van der Waals surface area contributed by atoms with Crippen LogP contribution in [0.1, 0.15) is 24.0 Å². The normalized spacial score (nSPS) is 20.0. The Kier molecular flexibility index (Phi) is 6.32. The van der Waals surface area contributed by atoms with Gasteiger partial charge in [0.25, 0.3) is 0 Å². The summed E-state index contributed by atoms with van der Waals surface area (Å²) in [6.07, 6.45) is 3.74. The smallest absolute Gasteiger partial charge is 0.237 e. The lowest BCUT2D eigenvalue weighted by Crippen LogP contribution is -2.44. The van der Waals surface area contributed by atoms with E-state index in [2.05, 4.69) is 68.9 Å². The van der Waals surface area contributed by atoms with Gasteiger partial charge in [-0.25, -0.2) is 9.97 Å². The molecule has 0 unspecified atom stereocenters. The minimum atomic E-state index is -0.0647. The second-order valence-corrected chi connectivity index (χ2v) is 8.95. The molecule has 0 spiro atoms. The van der Waals surface area contributed by atoms with Crippen LogP contribution < -0.4 is 10.6 Å². The maximum Gasteiger partial charge on any atom is 0.237 e. The van der Waals surface area contributed by atoms with Crippen molar-refractivity contribution in [2.45, 2.75) is 32.0 Å². The molecule has 170 valence electrons. The summed E-state index contributed by atoms with van der Waals surface area (Å²) >= 11 is 0. The summed E-state index contributed by atoms with van der Waals surface area (Å²) in [5.41, 5.74) is 5.29. The zero-order chi connectivity index (χ0) is 22.6. The predicted molar refractivity (Wildman–Crippen MR) is 130 cm³/mol. The molecule has 7 heteroatoms. The summed E-state index contributed by atoms with van der Waals surface area (Å²) in [5.74, 6) is 0.709. The van der Waals surface area contributed by atoms with Gasteiger partial charge in [0, 0.05) is 43.6 Å².